The molecule has 1 saturated heterocycles. The van der Waals surface area contributed by atoms with E-state index < -0.39 is 8.32 Å². The van der Waals surface area contributed by atoms with Gasteiger partial charge in [-0.1, -0.05) is 81.4 Å². The summed E-state index contributed by atoms with van der Waals surface area (Å²) in [5.74, 6) is 0. The Bertz CT molecular complexity index is 664. The van der Waals surface area contributed by atoms with Crippen LogP contribution in [0.2, 0.25) is 5.04 Å². The van der Waals surface area contributed by atoms with Gasteiger partial charge in [0.15, 0.2) is 0 Å². The summed E-state index contributed by atoms with van der Waals surface area (Å²) in [5.41, 5.74) is 0. The molecule has 28 heavy (non-hydrogen) atoms. The van der Waals surface area contributed by atoms with Crippen molar-refractivity contribution >= 4 is 18.7 Å². The molecule has 0 radical (unpaired) electrons. The van der Waals surface area contributed by atoms with Crippen LogP contribution in [0.25, 0.3) is 0 Å². The van der Waals surface area contributed by atoms with E-state index in [2.05, 4.69) is 81.4 Å². The fourth-order valence-electron chi connectivity index (χ4n) is 4.26. The normalized spacial score (nSPS) is 20.9. The van der Waals surface area contributed by atoms with E-state index in [1.165, 1.54) is 10.4 Å². The van der Waals surface area contributed by atoms with E-state index in [0.29, 0.717) is 13.2 Å². The van der Waals surface area contributed by atoms with Gasteiger partial charge in [-0.15, -0.1) is 0 Å². The van der Waals surface area contributed by atoms with Crippen LogP contribution in [-0.4, -0.2) is 40.3 Å². The third-order valence-electron chi connectivity index (χ3n) is 5.63. The smallest absolute Gasteiger partial charge is 0.261 e. The molecule has 3 rings (SSSR count). The second-order valence-electron chi connectivity index (χ2n) is 8.58. The summed E-state index contributed by atoms with van der Waals surface area (Å²) >= 11 is 0. The zero-order valence-electron chi connectivity index (χ0n) is 17.7. The van der Waals surface area contributed by atoms with Crippen molar-refractivity contribution in [3.63, 3.8) is 0 Å². The summed E-state index contributed by atoms with van der Waals surface area (Å²) in [6.45, 7) is 11.0. The van der Waals surface area contributed by atoms with Crippen LogP contribution in [0.5, 0.6) is 0 Å². The highest BCUT2D eigenvalue weighted by Crippen LogP contribution is 2.37. The van der Waals surface area contributed by atoms with Gasteiger partial charge in [0, 0.05) is 6.61 Å². The fourth-order valence-corrected chi connectivity index (χ4v) is 8.85. The number of hydrogen-bond acceptors (Lipinski definition) is 3. The summed E-state index contributed by atoms with van der Waals surface area (Å²) in [7, 11) is -2.48. The SMILES string of the molecule is CCO[C@H]1CC[C@H](CO[Si](c2ccccc2)(c2ccccc2)C(C)(C)C)OC1. The van der Waals surface area contributed by atoms with Crippen LogP contribution in [-0.2, 0) is 13.9 Å². The second kappa shape index (κ2) is 9.36. The molecule has 0 aromatic heterocycles. The van der Waals surface area contributed by atoms with E-state index in [1.807, 2.05) is 6.92 Å². The molecule has 0 bridgehead atoms. The first-order valence-electron chi connectivity index (χ1n) is 10.5. The van der Waals surface area contributed by atoms with Crippen LogP contribution >= 0.6 is 0 Å². The molecule has 1 aliphatic rings. The maximum absolute atomic E-state index is 6.97. The number of ether oxygens (including phenoxy) is 2. The Kier molecular flexibility index (Phi) is 7.10. The molecule has 2 aromatic rings. The van der Waals surface area contributed by atoms with Crippen molar-refractivity contribution < 1.29 is 13.9 Å². The average Bonchev–Trinajstić information content (AvgIpc) is 2.70. The zero-order chi connectivity index (χ0) is 20.0. The largest absolute Gasteiger partial charge is 0.405 e. The topological polar surface area (TPSA) is 27.7 Å². The fraction of sp³-hybridized carbons (Fsp3) is 0.500. The van der Waals surface area contributed by atoms with Gasteiger partial charge in [-0.3, -0.25) is 0 Å². The van der Waals surface area contributed by atoms with Gasteiger partial charge in [-0.2, -0.15) is 0 Å². The first-order valence-corrected chi connectivity index (χ1v) is 12.4. The highest BCUT2D eigenvalue weighted by atomic mass is 28.4. The Hall–Kier alpha value is -1.46. The van der Waals surface area contributed by atoms with Crippen molar-refractivity contribution in [1.82, 2.24) is 0 Å². The molecule has 2 aromatic carbocycles. The van der Waals surface area contributed by atoms with Gasteiger partial charge >= 0.3 is 0 Å². The first kappa shape index (κ1) is 21.3. The monoisotopic (exact) mass is 398 g/mol. The predicted octanol–water partition coefficient (Wildman–Crippen LogP) is 4.15. The van der Waals surface area contributed by atoms with Gasteiger partial charge in [0.25, 0.3) is 8.32 Å². The molecule has 3 nitrogen and oxygen atoms in total. The minimum atomic E-state index is -2.48. The summed E-state index contributed by atoms with van der Waals surface area (Å²) in [6, 6.07) is 21.6. The Labute approximate surface area is 171 Å². The van der Waals surface area contributed by atoms with Crippen molar-refractivity contribution in [2.24, 2.45) is 0 Å². The quantitative estimate of drug-likeness (QED) is 0.656. The van der Waals surface area contributed by atoms with Crippen LogP contribution in [0, 0.1) is 0 Å². The predicted molar refractivity (Wildman–Crippen MR) is 118 cm³/mol. The van der Waals surface area contributed by atoms with Gasteiger partial charge in [-0.05, 0) is 35.2 Å². The zero-order valence-corrected chi connectivity index (χ0v) is 18.7. The lowest BCUT2D eigenvalue weighted by atomic mass is 10.1. The standard InChI is InChI=1S/C24H34O3Si/c1-5-25-20-16-17-21(26-18-20)19-27-28(24(2,3)4,22-12-8-6-9-13-22)23-14-10-7-11-15-23/h6-15,20-21H,5,16-19H2,1-4H3/t20-,21+/m0/s1. The lowest BCUT2D eigenvalue weighted by molar-refractivity contribution is -0.0937. The molecule has 152 valence electrons. The Morgan fingerprint density at radius 3 is 1.93 bits per heavy atom. The number of rotatable bonds is 7. The molecule has 2 atom stereocenters. The molecule has 1 aliphatic heterocycles. The Morgan fingerprint density at radius 2 is 1.50 bits per heavy atom. The molecule has 4 heteroatoms. The molecule has 0 spiro atoms. The Morgan fingerprint density at radius 1 is 0.929 bits per heavy atom. The van der Waals surface area contributed by atoms with Crippen molar-refractivity contribution in [2.75, 3.05) is 19.8 Å². The van der Waals surface area contributed by atoms with E-state index in [-0.39, 0.29) is 17.2 Å². The van der Waals surface area contributed by atoms with Crippen molar-refractivity contribution in [3.8, 4) is 0 Å². The lowest BCUT2D eigenvalue weighted by Crippen LogP contribution is -2.67. The maximum atomic E-state index is 6.97. The highest BCUT2D eigenvalue weighted by Gasteiger charge is 2.50. The molecule has 0 saturated carbocycles. The second-order valence-corrected chi connectivity index (χ2v) is 12.9. The van der Waals surface area contributed by atoms with Gasteiger partial charge in [-0.25, -0.2) is 0 Å². The molecular weight excluding hydrogens is 364 g/mol. The minimum Gasteiger partial charge on any atom is -0.405 e. The van der Waals surface area contributed by atoms with Gasteiger partial charge < -0.3 is 13.9 Å². The van der Waals surface area contributed by atoms with Crippen LogP contribution in [0.1, 0.15) is 40.5 Å². The maximum Gasteiger partial charge on any atom is 0.261 e. The van der Waals surface area contributed by atoms with Gasteiger partial charge in [0.2, 0.25) is 0 Å². The van der Waals surface area contributed by atoms with E-state index in [4.69, 9.17) is 13.9 Å². The number of hydrogen-bond donors (Lipinski definition) is 0. The van der Waals surface area contributed by atoms with Crippen molar-refractivity contribution in [1.29, 1.82) is 0 Å². The van der Waals surface area contributed by atoms with E-state index >= 15 is 0 Å². The Balaban J connectivity index is 1.87. The minimum absolute atomic E-state index is 0.00176. The molecule has 1 fully saturated rings. The van der Waals surface area contributed by atoms with Crippen LogP contribution in [0.3, 0.4) is 0 Å². The van der Waals surface area contributed by atoms with E-state index in [9.17, 15) is 0 Å². The van der Waals surface area contributed by atoms with Crippen LogP contribution in [0.4, 0.5) is 0 Å². The molecule has 0 N–H and O–H groups in total. The third kappa shape index (κ3) is 4.57. The van der Waals surface area contributed by atoms with Crippen molar-refractivity contribution in [3.05, 3.63) is 60.7 Å². The molecular formula is C24H34O3Si. The molecule has 0 aliphatic carbocycles. The first-order chi connectivity index (χ1) is 13.5. The molecule has 1 heterocycles. The summed E-state index contributed by atoms with van der Waals surface area (Å²) in [4.78, 5) is 0. The highest BCUT2D eigenvalue weighted by molar-refractivity contribution is 6.99. The summed E-state index contributed by atoms with van der Waals surface area (Å²) < 4.78 is 18.8. The van der Waals surface area contributed by atoms with E-state index in [1.54, 1.807) is 0 Å². The third-order valence-corrected chi connectivity index (χ3v) is 10.6. The summed E-state index contributed by atoms with van der Waals surface area (Å²) in [6.07, 6.45) is 2.40. The van der Waals surface area contributed by atoms with Gasteiger partial charge in [0.05, 0.1) is 25.4 Å². The van der Waals surface area contributed by atoms with Gasteiger partial charge in [0.1, 0.15) is 0 Å². The lowest BCUT2D eigenvalue weighted by Gasteiger charge is -2.44. The van der Waals surface area contributed by atoms with Crippen molar-refractivity contribution in [2.45, 2.75) is 57.8 Å². The number of benzene rings is 2. The van der Waals surface area contributed by atoms with E-state index in [0.717, 1.165) is 19.4 Å². The molecule has 0 amide bonds. The molecule has 0 unspecified atom stereocenters. The summed E-state index contributed by atoms with van der Waals surface area (Å²) in [5, 5.41) is 2.63. The average molecular weight is 399 g/mol. The van der Waals surface area contributed by atoms with Crippen LogP contribution in [0.15, 0.2) is 60.7 Å². The van der Waals surface area contributed by atoms with Crippen LogP contribution < -0.4 is 10.4 Å².